The molecule has 1 aliphatic rings. The van der Waals surface area contributed by atoms with Gasteiger partial charge in [0.1, 0.15) is 12.7 Å². The van der Waals surface area contributed by atoms with Crippen LogP contribution < -0.4 is 0 Å². The molecule has 0 atom stereocenters. The SMILES string of the molecule is [C-]1=C(Cc2ccccc2)C=CC1.[Cl][Zr+2][Cl].c1ccc2[cH-]c(-n3cnnc3)cc2c1. The molecule has 0 radical (unpaired) electrons. The molecule has 0 bridgehead atoms. The van der Waals surface area contributed by atoms with Crippen LogP contribution in [0, 0.1) is 6.08 Å². The van der Waals surface area contributed by atoms with Gasteiger partial charge in [0.2, 0.25) is 0 Å². The van der Waals surface area contributed by atoms with Gasteiger partial charge in [-0.2, -0.15) is 6.08 Å². The van der Waals surface area contributed by atoms with Crippen molar-refractivity contribution in [2.75, 3.05) is 0 Å². The van der Waals surface area contributed by atoms with Gasteiger partial charge in [0.15, 0.2) is 0 Å². The van der Waals surface area contributed by atoms with Crippen LogP contribution in [0.3, 0.4) is 0 Å². The van der Waals surface area contributed by atoms with Gasteiger partial charge in [0.25, 0.3) is 0 Å². The number of benzene rings is 2. The fraction of sp³-hybridized carbons (Fsp3) is 0.0870. The Bertz CT molecular complexity index is 1020. The molecule has 1 heterocycles. The normalized spacial score (nSPS) is 11.7. The number of hydrogen-bond donors (Lipinski definition) is 0. The van der Waals surface area contributed by atoms with Crippen molar-refractivity contribution >= 4 is 27.8 Å². The van der Waals surface area contributed by atoms with Crippen LogP contribution >= 0.6 is 17.0 Å². The number of aromatic nitrogens is 3. The fourth-order valence-corrected chi connectivity index (χ4v) is 3.00. The molecule has 3 aromatic carbocycles. The first-order chi connectivity index (χ1) is 14.3. The third-order valence-electron chi connectivity index (χ3n) is 4.32. The minimum absolute atomic E-state index is 0.826. The standard InChI is InChI=1S/C12H11.C11H8N3.2ClH.Zr/c1-2-6-11(7-3-1)10-12-8-4-5-9-12;1-2-4-10-6-11(5-9(10)3-1)14-7-12-13-8-14;;;/h1-4,6-8H,5,10H2;1-8H;2*1H;/q2*-1;;;+4/p-2. The molecule has 5 rings (SSSR count). The van der Waals surface area contributed by atoms with E-state index in [-0.39, 0.29) is 0 Å². The molecule has 0 aliphatic heterocycles. The summed E-state index contributed by atoms with van der Waals surface area (Å²) in [6.45, 7) is 0. The van der Waals surface area contributed by atoms with E-state index < -0.39 is 20.8 Å². The second kappa shape index (κ2) is 12.0. The number of fused-ring (bicyclic) bond motifs is 1. The van der Waals surface area contributed by atoms with Gasteiger partial charge < -0.3 is 4.57 Å². The van der Waals surface area contributed by atoms with E-state index in [0.717, 1.165) is 18.5 Å². The van der Waals surface area contributed by atoms with Gasteiger partial charge in [-0.25, -0.2) is 11.6 Å². The summed E-state index contributed by atoms with van der Waals surface area (Å²) < 4.78 is 1.90. The van der Waals surface area contributed by atoms with Crippen LogP contribution in [0.15, 0.2) is 97.1 Å². The van der Waals surface area contributed by atoms with Gasteiger partial charge in [-0.1, -0.05) is 36.4 Å². The monoisotopic (exact) mass is 497 g/mol. The predicted octanol–water partition coefficient (Wildman–Crippen LogP) is 6.43. The van der Waals surface area contributed by atoms with Crippen molar-refractivity contribution in [3.05, 3.63) is 109 Å². The Morgan fingerprint density at radius 3 is 2.34 bits per heavy atom. The van der Waals surface area contributed by atoms with Crippen molar-refractivity contribution in [3.8, 4) is 5.69 Å². The third kappa shape index (κ3) is 6.85. The molecule has 6 heteroatoms. The summed E-state index contributed by atoms with van der Waals surface area (Å²) in [4.78, 5) is 0. The second-order valence-corrected chi connectivity index (χ2v) is 9.99. The van der Waals surface area contributed by atoms with Gasteiger partial charge in [0, 0.05) is 0 Å². The minimum atomic E-state index is -0.826. The Hall–Kier alpha value is -1.87. The van der Waals surface area contributed by atoms with Crippen molar-refractivity contribution in [2.45, 2.75) is 12.8 Å². The number of hydrogen-bond acceptors (Lipinski definition) is 2. The molecule has 1 aliphatic carbocycles. The van der Waals surface area contributed by atoms with E-state index in [1.54, 1.807) is 12.7 Å². The van der Waals surface area contributed by atoms with E-state index >= 15 is 0 Å². The predicted molar refractivity (Wildman–Crippen MR) is 117 cm³/mol. The van der Waals surface area contributed by atoms with Crippen LogP contribution in [0.2, 0.25) is 0 Å². The summed E-state index contributed by atoms with van der Waals surface area (Å²) in [5.41, 5.74) is 3.80. The average molecular weight is 500 g/mol. The molecule has 0 saturated heterocycles. The minimum Gasteiger partial charge on any atom is -0.307 e. The molecule has 0 saturated carbocycles. The van der Waals surface area contributed by atoms with Gasteiger partial charge >= 0.3 is 37.9 Å². The van der Waals surface area contributed by atoms with Gasteiger partial charge in [-0.05, 0) is 17.7 Å². The van der Waals surface area contributed by atoms with Crippen LogP contribution in [-0.4, -0.2) is 14.8 Å². The zero-order chi connectivity index (χ0) is 20.3. The summed E-state index contributed by atoms with van der Waals surface area (Å²) >= 11 is -0.826. The van der Waals surface area contributed by atoms with Crippen LogP contribution in [0.25, 0.3) is 16.5 Å². The summed E-state index contributed by atoms with van der Waals surface area (Å²) in [7, 11) is 9.87. The summed E-state index contributed by atoms with van der Waals surface area (Å²) in [5.74, 6) is 0. The molecule has 0 amide bonds. The van der Waals surface area contributed by atoms with Crippen LogP contribution in [0.5, 0.6) is 0 Å². The smallest absolute Gasteiger partial charge is 0.122 e. The Morgan fingerprint density at radius 1 is 1.00 bits per heavy atom. The first kappa shape index (κ1) is 21.8. The van der Waals surface area contributed by atoms with Crippen LogP contribution in [-0.2, 0) is 27.3 Å². The van der Waals surface area contributed by atoms with Crippen molar-refractivity contribution in [1.29, 1.82) is 0 Å². The Morgan fingerprint density at radius 2 is 1.69 bits per heavy atom. The second-order valence-electron chi connectivity index (χ2n) is 6.25. The Kier molecular flexibility index (Phi) is 9.01. The molecule has 1 aromatic heterocycles. The number of halogens is 2. The van der Waals surface area contributed by atoms with Crippen LogP contribution in [0.4, 0.5) is 0 Å². The third-order valence-corrected chi connectivity index (χ3v) is 4.32. The maximum absolute atomic E-state index is 4.93. The van der Waals surface area contributed by atoms with E-state index in [4.69, 9.17) is 17.0 Å². The first-order valence-corrected chi connectivity index (χ1v) is 15.4. The zero-order valence-corrected chi connectivity index (χ0v) is 19.6. The van der Waals surface area contributed by atoms with Crippen molar-refractivity contribution in [2.24, 2.45) is 0 Å². The molecular weight excluding hydrogens is 480 g/mol. The van der Waals surface area contributed by atoms with E-state index in [1.165, 1.54) is 21.9 Å². The summed E-state index contributed by atoms with van der Waals surface area (Å²) in [6, 6.07) is 23.0. The average Bonchev–Trinajstić information content (AvgIpc) is 3.51. The number of nitrogens with zero attached hydrogens (tertiary/aromatic N) is 3. The van der Waals surface area contributed by atoms with Crippen molar-refractivity contribution in [3.63, 3.8) is 0 Å². The molecule has 0 N–H and O–H groups in total. The molecule has 0 unspecified atom stereocenters. The first-order valence-electron chi connectivity index (χ1n) is 9.07. The largest absolute Gasteiger partial charge is 0.307 e. The molecule has 0 fully saturated rings. The number of allylic oxidation sites excluding steroid dienone is 4. The summed E-state index contributed by atoms with van der Waals surface area (Å²) in [5, 5.41) is 10.1. The molecular formula is C23H19Cl2N3Zr. The van der Waals surface area contributed by atoms with E-state index in [9.17, 15) is 0 Å². The van der Waals surface area contributed by atoms with Crippen molar-refractivity contribution < 1.29 is 20.8 Å². The molecule has 144 valence electrons. The zero-order valence-electron chi connectivity index (χ0n) is 15.7. The summed E-state index contributed by atoms with van der Waals surface area (Å²) in [6.07, 6.45) is 13.0. The van der Waals surface area contributed by atoms with Crippen LogP contribution in [0.1, 0.15) is 12.0 Å². The quantitative estimate of drug-likeness (QED) is 0.304. The van der Waals surface area contributed by atoms with Gasteiger partial charge in [0.05, 0.1) is 0 Å². The molecule has 0 spiro atoms. The maximum atomic E-state index is 4.93. The van der Waals surface area contributed by atoms with Gasteiger partial charge in [-0.15, -0.1) is 57.7 Å². The molecule has 29 heavy (non-hydrogen) atoms. The maximum Gasteiger partial charge on any atom is 0.122 e. The van der Waals surface area contributed by atoms with Crippen molar-refractivity contribution in [1.82, 2.24) is 14.8 Å². The number of rotatable bonds is 3. The fourth-order valence-electron chi connectivity index (χ4n) is 3.00. The van der Waals surface area contributed by atoms with E-state index in [1.807, 2.05) is 22.8 Å². The van der Waals surface area contributed by atoms with Gasteiger partial charge in [-0.3, -0.25) is 6.08 Å². The Balaban J connectivity index is 0.000000148. The molecule has 4 aromatic rings. The Labute approximate surface area is 189 Å². The molecule has 3 nitrogen and oxygen atoms in total. The van der Waals surface area contributed by atoms with E-state index in [0.29, 0.717) is 0 Å². The topological polar surface area (TPSA) is 30.7 Å². The van der Waals surface area contributed by atoms with E-state index in [2.05, 4.69) is 77.0 Å².